The van der Waals surface area contributed by atoms with Gasteiger partial charge in [-0.05, 0) is 48.5 Å². The number of hydrogen-bond donors (Lipinski definition) is 1. The zero-order chi connectivity index (χ0) is 12.5. The Hall–Kier alpha value is -1.94. The Labute approximate surface area is 110 Å². The molecule has 3 nitrogen and oxygen atoms in total. The van der Waals surface area contributed by atoms with E-state index < -0.39 is 0 Å². The normalized spacial score (nSPS) is 10.9. The number of nitrogens with one attached hydrogen (secondary N) is 1. The van der Waals surface area contributed by atoms with E-state index >= 15 is 0 Å². The predicted molar refractivity (Wildman–Crippen MR) is 75.2 cm³/mol. The number of imidazole rings is 1. The largest absolute Gasteiger partial charge is 0.331 e. The Morgan fingerprint density at radius 3 is 2.94 bits per heavy atom. The highest BCUT2D eigenvalue weighted by Gasteiger charge is 2.05. The van der Waals surface area contributed by atoms with Crippen molar-refractivity contribution in [2.24, 2.45) is 0 Å². The van der Waals surface area contributed by atoms with Crippen LogP contribution in [0.2, 0.25) is 0 Å². The van der Waals surface area contributed by atoms with E-state index in [-0.39, 0.29) is 0 Å². The molecular weight excluding hydrogens is 242 g/mol. The molecule has 4 heteroatoms. The molecule has 2 heterocycles. The quantitative estimate of drug-likeness (QED) is 0.712. The first-order chi connectivity index (χ1) is 8.75. The molecule has 0 aliphatic carbocycles. The smallest absolute Gasteiger partial charge is 0.178 e. The van der Waals surface area contributed by atoms with E-state index in [9.17, 15) is 0 Å². The van der Waals surface area contributed by atoms with E-state index in [1.54, 1.807) is 0 Å². The zero-order valence-corrected chi connectivity index (χ0v) is 10.9. The number of H-pyrrole nitrogens is 1. The maximum absolute atomic E-state index is 5.39. The highest BCUT2D eigenvalue weighted by Crippen LogP contribution is 2.16. The minimum Gasteiger partial charge on any atom is -0.331 e. The number of benzene rings is 1. The minimum atomic E-state index is 0.757. The fraction of sp³-hybridized carbons (Fsp3) is 0.143. The summed E-state index contributed by atoms with van der Waals surface area (Å²) in [5, 5.41) is 0. The van der Waals surface area contributed by atoms with Crippen molar-refractivity contribution in [2.45, 2.75) is 13.5 Å². The summed E-state index contributed by atoms with van der Waals surface area (Å²) in [5.41, 5.74) is 4.64. The van der Waals surface area contributed by atoms with Crippen molar-refractivity contribution in [3.8, 4) is 0 Å². The van der Waals surface area contributed by atoms with E-state index in [2.05, 4.69) is 27.5 Å². The van der Waals surface area contributed by atoms with Gasteiger partial charge in [-0.25, -0.2) is 0 Å². The SMILES string of the molecule is Cc1cnccc1Cn1c(=S)[nH]c2ccccc21. The summed E-state index contributed by atoms with van der Waals surface area (Å²) in [6, 6.07) is 10.2. The van der Waals surface area contributed by atoms with Gasteiger partial charge in [-0.15, -0.1) is 0 Å². The molecule has 18 heavy (non-hydrogen) atoms. The maximum Gasteiger partial charge on any atom is 0.178 e. The van der Waals surface area contributed by atoms with Crippen LogP contribution < -0.4 is 0 Å². The van der Waals surface area contributed by atoms with Crippen LogP contribution in [0.4, 0.5) is 0 Å². The molecular formula is C14H13N3S. The van der Waals surface area contributed by atoms with Crippen LogP contribution in [0.3, 0.4) is 0 Å². The Morgan fingerprint density at radius 2 is 2.11 bits per heavy atom. The van der Waals surface area contributed by atoms with E-state index in [0.717, 1.165) is 22.3 Å². The monoisotopic (exact) mass is 255 g/mol. The number of hydrogen-bond acceptors (Lipinski definition) is 2. The molecule has 0 saturated heterocycles. The molecule has 0 saturated carbocycles. The maximum atomic E-state index is 5.39. The van der Waals surface area contributed by atoms with Gasteiger partial charge in [0.15, 0.2) is 4.77 Å². The minimum absolute atomic E-state index is 0.757. The van der Waals surface area contributed by atoms with Gasteiger partial charge in [0, 0.05) is 12.4 Å². The molecule has 90 valence electrons. The number of para-hydroxylation sites is 2. The second kappa shape index (κ2) is 4.38. The van der Waals surface area contributed by atoms with Crippen LogP contribution in [-0.2, 0) is 6.54 Å². The Bertz CT molecular complexity index is 755. The lowest BCUT2D eigenvalue weighted by molar-refractivity contribution is 0.803. The molecule has 1 aromatic carbocycles. The topological polar surface area (TPSA) is 33.6 Å². The van der Waals surface area contributed by atoms with Crippen LogP contribution in [0.25, 0.3) is 11.0 Å². The van der Waals surface area contributed by atoms with Crippen LogP contribution in [-0.4, -0.2) is 14.5 Å². The fourth-order valence-electron chi connectivity index (χ4n) is 2.11. The third kappa shape index (κ3) is 1.84. The molecule has 2 aromatic heterocycles. The Balaban J connectivity index is 2.13. The molecule has 0 bridgehead atoms. The number of aromatic nitrogens is 3. The molecule has 0 radical (unpaired) electrons. The van der Waals surface area contributed by atoms with Crippen LogP contribution in [0, 0.1) is 11.7 Å². The van der Waals surface area contributed by atoms with Crippen LogP contribution in [0.15, 0.2) is 42.7 Å². The number of nitrogens with zero attached hydrogens (tertiary/aromatic N) is 2. The van der Waals surface area contributed by atoms with Crippen molar-refractivity contribution in [3.05, 3.63) is 58.6 Å². The van der Waals surface area contributed by atoms with Crippen LogP contribution in [0.5, 0.6) is 0 Å². The highest BCUT2D eigenvalue weighted by molar-refractivity contribution is 7.71. The van der Waals surface area contributed by atoms with E-state index in [1.165, 1.54) is 11.1 Å². The first kappa shape index (κ1) is 11.2. The molecule has 0 amide bonds. The summed E-state index contributed by atoms with van der Waals surface area (Å²) in [4.78, 5) is 7.34. The first-order valence-corrected chi connectivity index (χ1v) is 6.23. The van der Waals surface area contributed by atoms with Crippen molar-refractivity contribution >= 4 is 23.3 Å². The van der Waals surface area contributed by atoms with Gasteiger partial charge in [-0.1, -0.05) is 12.1 Å². The second-order valence-corrected chi connectivity index (χ2v) is 4.72. The summed E-state index contributed by atoms with van der Waals surface area (Å²) in [6.07, 6.45) is 3.70. The van der Waals surface area contributed by atoms with E-state index in [1.807, 2.05) is 36.7 Å². The average molecular weight is 255 g/mol. The summed E-state index contributed by atoms with van der Waals surface area (Å²) < 4.78 is 2.87. The standard InChI is InChI=1S/C14H13N3S/c1-10-8-15-7-6-11(10)9-17-13-5-3-2-4-12(13)16-14(17)18/h2-8H,9H2,1H3,(H,16,18). The summed E-state index contributed by atoms with van der Waals surface area (Å²) in [5.74, 6) is 0. The van der Waals surface area contributed by atoms with Gasteiger partial charge in [0.25, 0.3) is 0 Å². The number of fused-ring (bicyclic) bond motifs is 1. The van der Waals surface area contributed by atoms with Crippen molar-refractivity contribution in [2.75, 3.05) is 0 Å². The first-order valence-electron chi connectivity index (χ1n) is 5.83. The lowest BCUT2D eigenvalue weighted by Gasteiger charge is -2.07. The van der Waals surface area contributed by atoms with Crippen molar-refractivity contribution < 1.29 is 0 Å². The molecule has 0 unspecified atom stereocenters. The fourth-order valence-corrected chi connectivity index (χ4v) is 2.39. The Kier molecular flexibility index (Phi) is 2.72. The lowest BCUT2D eigenvalue weighted by Crippen LogP contribution is -2.01. The molecule has 0 fully saturated rings. The lowest BCUT2D eigenvalue weighted by atomic mass is 10.1. The van der Waals surface area contributed by atoms with Gasteiger partial charge < -0.3 is 9.55 Å². The van der Waals surface area contributed by atoms with Gasteiger partial charge in [-0.2, -0.15) is 0 Å². The van der Waals surface area contributed by atoms with E-state index in [4.69, 9.17) is 12.2 Å². The van der Waals surface area contributed by atoms with Crippen LogP contribution in [0.1, 0.15) is 11.1 Å². The summed E-state index contributed by atoms with van der Waals surface area (Å²) in [6.45, 7) is 2.85. The van der Waals surface area contributed by atoms with Crippen molar-refractivity contribution in [1.82, 2.24) is 14.5 Å². The number of aromatic amines is 1. The van der Waals surface area contributed by atoms with Crippen LogP contribution >= 0.6 is 12.2 Å². The predicted octanol–water partition coefficient (Wildman–Crippen LogP) is 3.45. The summed E-state index contributed by atoms with van der Waals surface area (Å²) >= 11 is 5.39. The van der Waals surface area contributed by atoms with Crippen molar-refractivity contribution in [1.29, 1.82) is 0 Å². The van der Waals surface area contributed by atoms with E-state index in [0.29, 0.717) is 0 Å². The number of rotatable bonds is 2. The average Bonchev–Trinajstić information content (AvgIpc) is 2.69. The number of pyridine rings is 1. The molecule has 3 aromatic rings. The summed E-state index contributed by atoms with van der Waals surface area (Å²) in [7, 11) is 0. The molecule has 0 aliphatic heterocycles. The molecule has 0 aliphatic rings. The third-order valence-corrected chi connectivity index (χ3v) is 3.47. The highest BCUT2D eigenvalue weighted by atomic mass is 32.1. The Morgan fingerprint density at radius 1 is 1.28 bits per heavy atom. The van der Waals surface area contributed by atoms with Gasteiger partial charge >= 0.3 is 0 Å². The second-order valence-electron chi connectivity index (χ2n) is 4.34. The van der Waals surface area contributed by atoms with Gasteiger partial charge in [-0.3, -0.25) is 4.98 Å². The molecule has 3 rings (SSSR count). The van der Waals surface area contributed by atoms with Gasteiger partial charge in [0.1, 0.15) is 0 Å². The molecule has 0 spiro atoms. The molecule has 1 N–H and O–H groups in total. The van der Waals surface area contributed by atoms with Gasteiger partial charge in [0.2, 0.25) is 0 Å². The van der Waals surface area contributed by atoms with Gasteiger partial charge in [0.05, 0.1) is 17.6 Å². The molecule has 0 atom stereocenters. The zero-order valence-electron chi connectivity index (χ0n) is 10.1. The number of aryl methyl sites for hydroxylation is 1. The van der Waals surface area contributed by atoms with Crippen molar-refractivity contribution in [3.63, 3.8) is 0 Å². The third-order valence-electron chi connectivity index (χ3n) is 3.15.